The molecule has 3 rings (SSSR count). The molecule has 1 unspecified atom stereocenters. The van der Waals surface area contributed by atoms with Gasteiger partial charge in [-0.25, -0.2) is 0 Å². The third kappa shape index (κ3) is 4.30. The number of likely N-dealkylation sites (tertiary alicyclic amines) is 1. The van der Waals surface area contributed by atoms with Crippen molar-refractivity contribution in [3.63, 3.8) is 0 Å². The van der Waals surface area contributed by atoms with Gasteiger partial charge in [-0.05, 0) is 44.0 Å². The third-order valence-corrected chi connectivity index (χ3v) is 4.98. The number of carbonyl (C=O) groups excluding carboxylic acids is 1. The zero-order valence-corrected chi connectivity index (χ0v) is 15.3. The highest BCUT2D eigenvalue weighted by Crippen LogP contribution is 2.32. The Morgan fingerprint density at radius 1 is 1.19 bits per heavy atom. The van der Waals surface area contributed by atoms with E-state index < -0.39 is 0 Å². The van der Waals surface area contributed by atoms with E-state index in [2.05, 4.69) is 42.2 Å². The molecule has 1 aliphatic heterocycles. The van der Waals surface area contributed by atoms with Gasteiger partial charge in [0.2, 0.25) is 5.91 Å². The molecule has 1 aliphatic rings. The van der Waals surface area contributed by atoms with Gasteiger partial charge in [0.05, 0.1) is 19.0 Å². The molecular formula is C22H25N3O. The molecule has 0 radical (unpaired) electrons. The molecule has 1 saturated heterocycles. The first-order valence-electron chi connectivity index (χ1n) is 9.22. The zero-order chi connectivity index (χ0) is 18.4. The Hall–Kier alpha value is -2.64. The van der Waals surface area contributed by atoms with E-state index in [9.17, 15) is 4.79 Å². The second kappa shape index (κ2) is 8.64. The lowest BCUT2D eigenvalue weighted by atomic mass is 10.0. The summed E-state index contributed by atoms with van der Waals surface area (Å²) < 4.78 is 0. The molecule has 2 aromatic rings. The summed E-state index contributed by atoms with van der Waals surface area (Å²) in [6.07, 6.45) is 2.53. The number of para-hydroxylation sites is 1. The molecule has 0 bridgehead atoms. The summed E-state index contributed by atoms with van der Waals surface area (Å²) in [5, 5.41) is 8.94. The summed E-state index contributed by atoms with van der Waals surface area (Å²) in [5.74, 6) is 0.0606. The molecule has 1 atom stereocenters. The van der Waals surface area contributed by atoms with Crippen LogP contribution in [0.1, 0.15) is 36.4 Å². The van der Waals surface area contributed by atoms with E-state index in [4.69, 9.17) is 5.26 Å². The van der Waals surface area contributed by atoms with Crippen molar-refractivity contribution in [1.29, 1.82) is 5.26 Å². The Labute approximate surface area is 155 Å². The Balaban J connectivity index is 1.73. The second-order valence-corrected chi connectivity index (χ2v) is 6.83. The van der Waals surface area contributed by atoms with E-state index in [1.165, 1.54) is 11.1 Å². The predicted molar refractivity (Wildman–Crippen MR) is 104 cm³/mol. The van der Waals surface area contributed by atoms with Gasteiger partial charge in [0, 0.05) is 18.3 Å². The van der Waals surface area contributed by atoms with Gasteiger partial charge in [-0.1, -0.05) is 48.0 Å². The van der Waals surface area contributed by atoms with Crippen LogP contribution in [0.15, 0.2) is 54.6 Å². The molecule has 0 aliphatic carbocycles. The van der Waals surface area contributed by atoms with Crippen LogP contribution < -0.4 is 4.90 Å². The van der Waals surface area contributed by atoms with Crippen LogP contribution in [0.3, 0.4) is 0 Å². The Morgan fingerprint density at radius 2 is 1.92 bits per heavy atom. The van der Waals surface area contributed by atoms with Crippen LogP contribution in [0.25, 0.3) is 0 Å². The standard InChI is InChI=1S/C22H25N3O/c1-18-10-12-19(13-11-18)21-9-5-15-24(21)17-22(26)25(16-6-14-23)20-7-3-2-4-8-20/h2-4,7-8,10-13,21H,5-6,9,15-17H2,1H3. The lowest BCUT2D eigenvalue weighted by molar-refractivity contribution is -0.120. The number of anilines is 1. The van der Waals surface area contributed by atoms with Crippen molar-refractivity contribution in [2.45, 2.75) is 32.2 Å². The van der Waals surface area contributed by atoms with Crippen molar-refractivity contribution in [2.75, 3.05) is 24.5 Å². The molecule has 1 amide bonds. The summed E-state index contributed by atoms with van der Waals surface area (Å²) in [6.45, 7) is 3.85. The van der Waals surface area contributed by atoms with E-state index in [-0.39, 0.29) is 5.91 Å². The maximum Gasteiger partial charge on any atom is 0.241 e. The van der Waals surface area contributed by atoms with Crippen LogP contribution in [0, 0.1) is 18.3 Å². The van der Waals surface area contributed by atoms with Crippen LogP contribution in [0.5, 0.6) is 0 Å². The summed E-state index contributed by atoms with van der Waals surface area (Å²) in [5.41, 5.74) is 3.39. The number of amides is 1. The van der Waals surface area contributed by atoms with E-state index in [0.29, 0.717) is 25.6 Å². The molecule has 134 valence electrons. The summed E-state index contributed by atoms with van der Waals surface area (Å²) in [4.78, 5) is 17.0. The van der Waals surface area contributed by atoms with Crippen molar-refractivity contribution >= 4 is 11.6 Å². The number of hydrogen-bond acceptors (Lipinski definition) is 3. The van der Waals surface area contributed by atoms with Gasteiger partial charge in [-0.15, -0.1) is 0 Å². The van der Waals surface area contributed by atoms with Gasteiger partial charge in [0.25, 0.3) is 0 Å². The first-order valence-corrected chi connectivity index (χ1v) is 9.22. The number of nitrogens with zero attached hydrogens (tertiary/aromatic N) is 3. The number of benzene rings is 2. The molecule has 0 saturated carbocycles. The Morgan fingerprint density at radius 3 is 2.62 bits per heavy atom. The normalized spacial score (nSPS) is 17.0. The fraction of sp³-hybridized carbons (Fsp3) is 0.364. The zero-order valence-electron chi connectivity index (χ0n) is 15.3. The Kier molecular flexibility index (Phi) is 6.04. The first kappa shape index (κ1) is 18.2. The maximum absolute atomic E-state index is 13.0. The van der Waals surface area contributed by atoms with Gasteiger partial charge >= 0.3 is 0 Å². The fourth-order valence-electron chi connectivity index (χ4n) is 3.61. The molecule has 4 heteroatoms. The van der Waals surface area contributed by atoms with Crippen LogP contribution >= 0.6 is 0 Å². The van der Waals surface area contributed by atoms with Gasteiger partial charge < -0.3 is 4.90 Å². The molecule has 4 nitrogen and oxygen atoms in total. The lowest BCUT2D eigenvalue weighted by Crippen LogP contribution is -2.40. The minimum Gasteiger partial charge on any atom is -0.310 e. The second-order valence-electron chi connectivity index (χ2n) is 6.83. The van der Waals surface area contributed by atoms with Crippen molar-refractivity contribution in [1.82, 2.24) is 4.90 Å². The SMILES string of the molecule is Cc1ccc(C2CCCN2CC(=O)N(CCC#N)c2ccccc2)cc1. The first-order chi connectivity index (χ1) is 12.7. The highest BCUT2D eigenvalue weighted by Gasteiger charge is 2.29. The number of aryl methyl sites for hydroxylation is 1. The van der Waals surface area contributed by atoms with E-state index in [1.54, 1.807) is 4.90 Å². The van der Waals surface area contributed by atoms with Gasteiger partial charge in [-0.3, -0.25) is 9.69 Å². The molecule has 2 aromatic carbocycles. The number of hydrogen-bond donors (Lipinski definition) is 0. The smallest absolute Gasteiger partial charge is 0.241 e. The summed E-state index contributed by atoms with van der Waals surface area (Å²) in [7, 11) is 0. The van der Waals surface area contributed by atoms with Gasteiger partial charge in [0.1, 0.15) is 0 Å². The van der Waals surface area contributed by atoms with Crippen molar-refractivity contribution in [2.24, 2.45) is 0 Å². The van der Waals surface area contributed by atoms with Crippen LogP contribution in [0.2, 0.25) is 0 Å². The molecule has 26 heavy (non-hydrogen) atoms. The van der Waals surface area contributed by atoms with Crippen LogP contribution in [0.4, 0.5) is 5.69 Å². The quantitative estimate of drug-likeness (QED) is 0.791. The Bertz CT molecular complexity index is 764. The van der Waals surface area contributed by atoms with Crippen LogP contribution in [-0.2, 0) is 4.79 Å². The average molecular weight is 347 g/mol. The maximum atomic E-state index is 13.0. The average Bonchev–Trinajstić information content (AvgIpc) is 3.11. The fourth-order valence-corrected chi connectivity index (χ4v) is 3.61. The highest BCUT2D eigenvalue weighted by molar-refractivity contribution is 5.94. The third-order valence-electron chi connectivity index (χ3n) is 4.98. The van der Waals surface area contributed by atoms with Crippen molar-refractivity contribution < 1.29 is 4.79 Å². The molecule has 0 spiro atoms. The molecule has 0 aromatic heterocycles. The number of carbonyl (C=O) groups is 1. The topological polar surface area (TPSA) is 47.3 Å². The van der Waals surface area contributed by atoms with E-state index >= 15 is 0 Å². The monoisotopic (exact) mass is 347 g/mol. The number of rotatable bonds is 6. The lowest BCUT2D eigenvalue weighted by Gasteiger charge is -2.28. The summed E-state index contributed by atoms with van der Waals surface area (Å²) in [6, 6.07) is 20.7. The van der Waals surface area contributed by atoms with Crippen molar-refractivity contribution in [3.05, 3.63) is 65.7 Å². The van der Waals surface area contributed by atoms with E-state index in [0.717, 1.165) is 25.1 Å². The summed E-state index contributed by atoms with van der Waals surface area (Å²) >= 11 is 0. The largest absolute Gasteiger partial charge is 0.310 e. The van der Waals surface area contributed by atoms with Crippen molar-refractivity contribution in [3.8, 4) is 6.07 Å². The molecule has 1 heterocycles. The van der Waals surface area contributed by atoms with E-state index in [1.807, 2.05) is 30.3 Å². The van der Waals surface area contributed by atoms with Gasteiger partial charge in [-0.2, -0.15) is 5.26 Å². The van der Waals surface area contributed by atoms with Crippen LogP contribution in [-0.4, -0.2) is 30.4 Å². The van der Waals surface area contributed by atoms with Gasteiger partial charge in [0.15, 0.2) is 0 Å². The predicted octanol–water partition coefficient (Wildman–Crippen LogP) is 4.08. The number of nitriles is 1. The highest BCUT2D eigenvalue weighted by atomic mass is 16.2. The minimum absolute atomic E-state index is 0.0606. The molecular weight excluding hydrogens is 322 g/mol. The molecule has 1 fully saturated rings. The minimum atomic E-state index is 0.0606. The molecule has 0 N–H and O–H groups in total.